The molecule has 1 aromatic rings. The second-order valence-corrected chi connectivity index (χ2v) is 5.90. The molecule has 0 bridgehead atoms. The molecule has 7 heteroatoms. The zero-order valence-electron chi connectivity index (χ0n) is 10.8. The van der Waals surface area contributed by atoms with E-state index in [1.807, 2.05) is 0 Å². The van der Waals surface area contributed by atoms with Gasteiger partial charge in [0.05, 0.1) is 10.3 Å². The average Bonchev–Trinajstić information content (AvgIpc) is 2.28. The Morgan fingerprint density at radius 2 is 2.00 bits per heavy atom. The van der Waals surface area contributed by atoms with Crippen molar-refractivity contribution in [2.24, 2.45) is 5.41 Å². The fourth-order valence-electron chi connectivity index (χ4n) is 1.41. The van der Waals surface area contributed by atoms with E-state index in [2.05, 4.69) is 4.98 Å². The van der Waals surface area contributed by atoms with Crippen LogP contribution < -0.4 is 4.74 Å². The molecular weight excluding hydrogens is 268 g/mol. The molecule has 19 heavy (non-hydrogen) atoms. The molecule has 0 saturated carbocycles. The molecule has 0 fully saturated rings. The third kappa shape index (κ3) is 3.84. The summed E-state index contributed by atoms with van der Waals surface area (Å²) in [5.41, 5.74) is -0.641. The molecule has 102 valence electrons. The second kappa shape index (κ2) is 5.91. The molecule has 2 atom stereocenters. The fourth-order valence-corrected chi connectivity index (χ4v) is 1.87. The molecule has 0 spiro atoms. The lowest BCUT2D eigenvalue weighted by atomic mass is 9.87. The minimum absolute atomic E-state index is 0.0845. The quantitative estimate of drug-likeness (QED) is 0.366. The van der Waals surface area contributed by atoms with Gasteiger partial charge in [-0.1, -0.05) is 32.9 Å². The summed E-state index contributed by atoms with van der Waals surface area (Å²) < 4.78 is 27.0. The number of diazo groups is 1. The fraction of sp³-hybridized carbons (Fsp3) is 0.417. The summed E-state index contributed by atoms with van der Waals surface area (Å²) in [5.74, 6) is -0.897. The van der Waals surface area contributed by atoms with E-state index in [0.717, 1.165) is 0 Å². The first-order chi connectivity index (χ1) is 8.77. The third-order valence-electron chi connectivity index (χ3n) is 2.40. The Kier molecular flexibility index (Phi) is 4.75. The van der Waals surface area contributed by atoms with Crippen LogP contribution in [0.4, 0.5) is 0 Å². The van der Waals surface area contributed by atoms with Crippen molar-refractivity contribution in [3.05, 3.63) is 29.2 Å². The number of ether oxygens (including phenoxy) is 1. The van der Waals surface area contributed by atoms with Gasteiger partial charge in [0.2, 0.25) is 5.39 Å². The zero-order chi connectivity index (χ0) is 14.6. The van der Waals surface area contributed by atoms with Gasteiger partial charge in [-0.05, 0) is 23.2 Å². The van der Waals surface area contributed by atoms with Gasteiger partial charge in [0.15, 0.2) is 0 Å². The van der Waals surface area contributed by atoms with Crippen molar-refractivity contribution in [3.8, 4) is 5.75 Å². The summed E-state index contributed by atoms with van der Waals surface area (Å²) in [4.78, 5) is 14.8. The van der Waals surface area contributed by atoms with Gasteiger partial charge in [-0.25, -0.2) is 4.79 Å². The van der Waals surface area contributed by atoms with Crippen LogP contribution in [0.1, 0.15) is 20.8 Å². The highest BCUT2D eigenvalue weighted by molar-refractivity contribution is 7.79. The van der Waals surface area contributed by atoms with Gasteiger partial charge in [-0.15, -0.1) is 0 Å². The van der Waals surface area contributed by atoms with Crippen LogP contribution in [-0.2, 0) is 15.9 Å². The monoisotopic (exact) mass is 282 g/mol. The van der Waals surface area contributed by atoms with Gasteiger partial charge in [-0.2, -0.15) is 0 Å². The predicted molar refractivity (Wildman–Crippen MR) is 67.6 cm³/mol. The van der Waals surface area contributed by atoms with Crippen molar-refractivity contribution in [2.45, 2.75) is 31.7 Å². The smallest absolute Gasteiger partial charge is 0.413 e. The maximum atomic E-state index is 11.9. The highest BCUT2D eigenvalue weighted by Gasteiger charge is 2.45. The number of benzene rings is 1. The molecule has 2 unspecified atom stereocenters. The van der Waals surface area contributed by atoms with Crippen LogP contribution in [0.3, 0.4) is 0 Å². The van der Waals surface area contributed by atoms with E-state index in [-0.39, 0.29) is 10.6 Å². The van der Waals surface area contributed by atoms with Gasteiger partial charge in [-0.3, -0.25) is 4.21 Å². The summed E-state index contributed by atoms with van der Waals surface area (Å²) >= 11 is -2.51. The molecule has 0 aliphatic carbocycles. The summed E-state index contributed by atoms with van der Waals surface area (Å²) in [6.45, 7) is 5.11. The van der Waals surface area contributed by atoms with Crippen molar-refractivity contribution in [1.29, 1.82) is 5.39 Å². The van der Waals surface area contributed by atoms with Crippen LogP contribution in [0.25, 0.3) is 4.98 Å². The molecule has 0 radical (unpaired) electrons. The number of carbonyl (C=O) groups is 1. The predicted octanol–water partition coefficient (Wildman–Crippen LogP) is 2.10. The molecule has 0 amide bonds. The molecule has 0 heterocycles. The summed E-state index contributed by atoms with van der Waals surface area (Å²) in [6, 6.07) is 4.63. The first-order valence-corrected chi connectivity index (χ1v) is 6.59. The van der Waals surface area contributed by atoms with Gasteiger partial charge >= 0.3 is 12.0 Å². The van der Waals surface area contributed by atoms with Crippen molar-refractivity contribution in [1.82, 2.24) is 0 Å². The van der Waals surface area contributed by atoms with Crippen LogP contribution in [0.2, 0.25) is 0 Å². The number of esters is 1. The molecule has 0 N–H and O–H groups in total. The van der Waals surface area contributed by atoms with Crippen LogP contribution in [0.15, 0.2) is 29.2 Å². The van der Waals surface area contributed by atoms with Crippen molar-refractivity contribution in [2.75, 3.05) is 0 Å². The zero-order valence-corrected chi connectivity index (χ0v) is 11.6. The van der Waals surface area contributed by atoms with Crippen molar-refractivity contribution >= 4 is 17.0 Å². The van der Waals surface area contributed by atoms with E-state index in [1.54, 1.807) is 26.8 Å². The summed E-state index contributed by atoms with van der Waals surface area (Å²) in [6.07, 6.45) is 0. The maximum Gasteiger partial charge on any atom is 0.413 e. The molecule has 1 aromatic carbocycles. The summed E-state index contributed by atoms with van der Waals surface area (Å²) in [7, 11) is 0. The Balaban J connectivity index is 3.01. The van der Waals surface area contributed by atoms with Gasteiger partial charge in [0.1, 0.15) is 10.7 Å². The highest BCUT2D eigenvalue weighted by Crippen LogP contribution is 2.26. The minimum atomic E-state index is -2.51. The highest BCUT2D eigenvalue weighted by atomic mass is 32.2. The maximum absolute atomic E-state index is 11.9. The van der Waals surface area contributed by atoms with E-state index in [1.165, 1.54) is 18.2 Å². The Morgan fingerprint density at radius 1 is 1.42 bits per heavy atom. The average molecular weight is 282 g/mol. The summed E-state index contributed by atoms with van der Waals surface area (Å²) in [5, 5.41) is 8.89. The topological polar surface area (TPSA) is 94.6 Å². The molecule has 0 aromatic heterocycles. The van der Waals surface area contributed by atoms with E-state index in [0.29, 0.717) is 0 Å². The lowest BCUT2D eigenvalue weighted by molar-refractivity contribution is -0.137. The Bertz CT molecular complexity index is 545. The molecule has 0 saturated heterocycles. The van der Waals surface area contributed by atoms with Crippen LogP contribution in [-0.4, -0.2) is 20.8 Å². The molecular formula is C12H14N2O4S. The first-order valence-electron chi connectivity index (χ1n) is 5.51. The standard InChI is InChI=1S/C12H14N2O4S/c1-12(2,3)10(14-13)11(15)18-8-6-4-5-7-9(8)19(16)17/h4-7,10H,1-3H3. The normalized spacial score (nSPS) is 14.3. The van der Waals surface area contributed by atoms with E-state index in [4.69, 9.17) is 10.1 Å². The Morgan fingerprint density at radius 3 is 2.47 bits per heavy atom. The van der Waals surface area contributed by atoms with Crippen LogP contribution in [0, 0.1) is 10.8 Å². The number of carbonyl (C=O) groups excluding carboxylic acids is 1. The van der Waals surface area contributed by atoms with E-state index in [9.17, 15) is 13.6 Å². The first kappa shape index (κ1) is 15.3. The number of para-hydroxylation sites is 1. The minimum Gasteiger partial charge on any atom is -0.768 e. The van der Waals surface area contributed by atoms with E-state index < -0.39 is 28.5 Å². The molecule has 0 aliphatic heterocycles. The van der Waals surface area contributed by atoms with Crippen molar-refractivity contribution < 1.29 is 18.3 Å². The number of rotatable bonds is 3. The number of nitrogens with zero attached hydrogens (tertiary/aromatic N) is 2. The molecule has 0 aliphatic rings. The molecule has 1 rings (SSSR count). The van der Waals surface area contributed by atoms with E-state index >= 15 is 0 Å². The SMILES string of the molecule is CC(C)(C)C([N+]#N)C(=O)Oc1ccccc1S(=O)[O-]. The lowest BCUT2D eigenvalue weighted by Crippen LogP contribution is -2.34. The van der Waals surface area contributed by atoms with Crippen LogP contribution in [0.5, 0.6) is 5.75 Å². The van der Waals surface area contributed by atoms with Crippen LogP contribution >= 0.6 is 0 Å². The van der Waals surface area contributed by atoms with Gasteiger partial charge in [0, 0.05) is 0 Å². The van der Waals surface area contributed by atoms with Gasteiger partial charge < -0.3 is 9.29 Å². The largest absolute Gasteiger partial charge is 0.768 e. The number of hydrogen-bond donors (Lipinski definition) is 0. The Hall–Kier alpha value is -1.78. The van der Waals surface area contributed by atoms with Gasteiger partial charge in [0.25, 0.3) is 0 Å². The van der Waals surface area contributed by atoms with Crippen molar-refractivity contribution in [3.63, 3.8) is 0 Å². The third-order valence-corrected chi connectivity index (χ3v) is 3.09. The Labute approximate surface area is 113 Å². The molecule has 6 nitrogen and oxygen atoms in total. The lowest BCUT2D eigenvalue weighted by Gasteiger charge is -2.16. The number of hydrogen-bond acceptors (Lipinski definition) is 5. The second-order valence-electron chi connectivity index (χ2n) is 4.99.